The summed E-state index contributed by atoms with van der Waals surface area (Å²) in [7, 11) is 3.71. The normalized spacial score (nSPS) is 20.8. The molecule has 5 nitrogen and oxygen atoms in total. The van der Waals surface area contributed by atoms with Crippen molar-refractivity contribution in [2.45, 2.75) is 12.8 Å². The minimum atomic E-state index is 0.650. The lowest BCUT2D eigenvalue weighted by Crippen LogP contribution is -2.40. The summed E-state index contributed by atoms with van der Waals surface area (Å²) in [5.41, 5.74) is 0. The first-order valence-corrected chi connectivity index (χ1v) is 7.38. The van der Waals surface area contributed by atoms with E-state index in [4.69, 9.17) is 14.2 Å². The number of nitrogens with one attached hydrogen (secondary N) is 1. The number of piperidine rings is 1. The molecule has 1 fully saturated rings. The molecule has 1 rings (SSSR count). The first-order valence-electron chi connectivity index (χ1n) is 7.38. The molecule has 1 heterocycles. The molecule has 5 heteroatoms. The molecule has 0 radical (unpaired) electrons. The number of likely N-dealkylation sites (tertiary alicyclic amines) is 1. The summed E-state index contributed by atoms with van der Waals surface area (Å²) >= 11 is 0. The third kappa shape index (κ3) is 8.55. The Morgan fingerprint density at radius 1 is 1.11 bits per heavy atom. The van der Waals surface area contributed by atoms with Gasteiger partial charge in [-0.25, -0.2) is 0 Å². The van der Waals surface area contributed by atoms with Gasteiger partial charge in [0.25, 0.3) is 0 Å². The van der Waals surface area contributed by atoms with Crippen LogP contribution in [0.5, 0.6) is 0 Å². The molecule has 114 valence electrons. The van der Waals surface area contributed by atoms with E-state index in [0.29, 0.717) is 26.4 Å². The average Bonchev–Trinajstić information content (AvgIpc) is 2.43. The van der Waals surface area contributed by atoms with E-state index in [1.807, 2.05) is 7.05 Å². The molecule has 0 aromatic heterocycles. The van der Waals surface area contributed by atoms with E-state index >= 15 is 0 Å². The molecule has 0 aromatic carbocycles. The van der Waals surface area contributed by atoms with Crippen molar-refractivity contribution in [3.8, 4) is 0 Å². The van der Waals surface area contributed by atoms with E-state index in [0.717, 1.165) is 25.6 Å². The lowest BCUT2D eigenvalue weighted by Gasteiger charge is -2.32. The summed E-state index contributed by atoms with van der Waals surface area (Å²) in [6.07, 6.45) is 2.66. The van der Waals surface area contributed by atoms with Gasteiger partial charge in [0, 0.05) is 20.2 Å². The van der Waals surface area contributed by atoms with Gasteiger partial charge in [0.1, 0.15) is 0 Å². The van der Waals surface area contributed by atoms with Crippen LogP contribution in [0.25, 0.3) is 0 Å². The van der Waals surface area contributed by atoms with Gasteiger partial charge in [0.2, 0.25) is 0 Å². The highest BCUT2D eigenvalue weighted by Crippen LogP contribution is 2.15. The Kier molecular flexibility index (Phi) is 10.3. The maximum atomic E-state index is 5.59. The van der Waals surface area contributed by atoms with Gasteiger partial charge in [0.15, 0.2) is 0 Å². The predicted molar refractivity (Wildman–Crippen MR) is 76.6 cm³/mol. The second kappa shape index (κ2) is 11.6. The van der Waals surface area contributed by atoms with Gasteiger partial charge >= 0.3 is 0 Å². The van der Waals surface area contributed by atoms with Crippen molar-refractivity contribution < 1.29 is 14.2 Å². The van der Waals surface area contributed by atoms with Crippen molar-refractivity contribution >= 4 is 0 Å². The quantitative estimate of drug-likeness (QED) is 0.559. The number of methoxy groups -OCH3 is 1. The lowest BCUT2D eigenvalue weighted by molar-refractivity contribution is 0.0167. The maximum Gasteiger partial charge on any atom is 0.0701 e. The highest BCUT2D eigenvalue weighted by Gasteiger charge is 2.18. The fourth-order valence-corrected chi connectivity index (χ4v) is 2.47. The molecule has 1 aliphatic heterocycles. The minimum absolute atomic E-state index is 0.650. The molecule has 0 spiro atoms. The van der Waals surface area contributed by atoms with Crippen molar-refractivity contribution in [3.63, 3.8) is 0 Å². The van der Waals surface area contributed by atoms with Gasteiger partial charge in [0.05, 0.1) is 33.0 Å². The van der Waals surface area contributed by atoms with E-state index in [9.17, 15) is 0 Å². The summed E-state index contributed by atoms with van der Waals surface area (Å²) in [4.78, 5) is 2.51. The Hall–Kier alpha value is -0.200. The third-order valence-corrected chi connectivity index (χ3v) is 3.45. The van der Waals surface area contributed by atoms with Crippen LogP contribution in [-0.4, -0.2) is 78.3 Å². The summed E-state index contributed by atoms with van der Waals surface area (Å²) in [5.74, 6) is 0.802. The van der Waals surface area contributed by atoms with Crippen LogP contribution in [0, 0.1) is 5.92 Å². The van der Waals surface area contributed by atoms with Crippen LogP contribution in [0.2, 0.25) is 0 Å². The zero-order valence-corrected chi connectivity index (χ0v) is 12.5. The van der Waals surface area contributed by atoms with Crippen molar-refractivity contribution in [2.75, 3.05) is 73.4 Å². The molecule has 0 aromatic rings. The second-order valence-corrected chi connectivity index (χ2v) is 5.08. The molecular weight excluding hydrogens is 244 g/mol. The van der Waals surface area contributed by atoms with Crippen molar-refractivity contribution in [2.24, 2.45) is 5.92 Å². The molecule has 1 atom stereocenters. The van der Waals surface area contributed by atoms with Gasteiger partial charge in [-0.05, 0) is 38.9 Å². The van der Waals surface area contributed by atoms with E-state index < -0.39 is 0 Å². The number of rotatable bonds is 11. The van der Waals surface area contributed by atoms with Crippen LogP contribution in [0.3, 0.4) is 0 Å². The fourth-order valence-electron chi connectivity index (χ4n) is 2.47. The second-order valence-electron chi connectivity index (χ2n) is 5.08. The molecule has 0 amide bonds. The van der Waals surface area contributed by atoms with Crippen LogP contribution in [-0.2, 0) is 14.2 Å². The molecule has 0 bridgehead atoms. The monoisotopic (exact) mass is 274 g/mol. The number of hydrogen-bond donors (Lipinski definition) is 1. The Bertz CT molecular complexity index is 203. The zero-order chi connectivity index (χ0) is 13.8. The smallest absolute Gasteiger partial charge is 0.0701 e. The molecule has 19 heavy (non-hydrogen) atoms. The highest BCUT2D eigenvalue weighted by atomic mass is 16.5. The predicted octanol–water partition coefficient (Wildman–Crippen LogP) is 0.597. The number of ether oxygens (including phenoxy) is 3. The van der Waals surface area contributed by atoms with Gasteiger partial charge in [-0.15, -0.1) is 0 Å². The van der Waals surface area contributed by atoms with E-state index in [1.165, 1.54) is 25.9 Å². The van der Waals surface area contributed by atoms with Crippen LogP contribution in [0.15, 0.2) is 0 Å². The lowest BCUT2D eigenvalue weighted by atomic mass is 9.98. The largest absolute Gasteiger partial charge is 0.382 e. The summed E-state index contributed by atoms with van der Waals surface area (Å²) in [5, 5.41) is 3.27. The minimum Gasteiger partial charge on any atom is -0.382 e. The molecule has 0 saturated carbocycles. The van der Waals surface area contributed by atoms with E-state index in [1.54, 1.807) is 7.11 Å². The zero-order valence-electron chi connectivity index (χ0n) is 12.5. The van der Waals surface area contributed by atoms with Crippen molar-refractivity contribution in [3.05, 3.63) is 0 Å². The number of nitrogens with zero attached hydrogens (tertiary/aromatic N) is 1. The standard InChI is InChI=1S/C14H30N2O3/c1-15-12-14-4-3-5-16(13-14)6-7-18-10-11-19-9-8-17-2/h14-15H,3-13H2,1-2H3. The average molecular weight is 274 g/mol. The molecule has 0 aliphatic carbocycles. The van der Waals surface area contributed by atoms with Crippen LogP contribution >= 0.6 is 0 Å². The number of hydrogen-bond acceptors (Lipinski definition) is 5. The van der Waals surface area contributed by atoms with Gasteiger partial charge in [-0.1, -0.05) is 0 Å². The van der Waals surface area contributed by atoms with E-state index in [2.05, 4.69) is 10.2 Å². The van der Waals surface area contributed by atoms with Crippen LogP contribution in [0.4, 0.5) is 0 Å². The molecule has 1 saturated heterocycles. The third-order valence-electron chi connectivity index (χ3n) is 3.45. The SMILES string of the molecule is CNCC1CCCN(CCOCCOCCOC)C1. The molecule has 1 aliphatic rings. The van der Waals surface area contributed by atoms with Gasteiger partial charge in [-0.3, -0.25) is 0 Å². The van der Waals surface area contributed by atoms with Crippen molar-refractivity contribution in [1.29, 1.82) is 0 Å². The molecule has 1 N–H and O–H groups in total. The molecular formula is C14H30N2O3. The molecule has 1 unspecified atom stereocenters. The van der Waals surface area contributed by atoms with E-state index in [-0.39, 0.29) is 0 Å². The Morgan fingerprint density at radius 2 is 1.84 bits per heavy atom. The van der Waals surface area contributed by atoms with Crippen molar-refractivity contribution in [1.82, 2.24) is 10.2 Å². The first kappa shape index (κ1) is 16.9. The summed E-state index contributed by atoms with van der Waals surface area (Å²) < 4.78 is 15.8. The summed E-state index contributed by atoms with van der Waals surface area (Å²) in [6, 6.07) is 0. The van der Waals surface area contributed by atoms with Crippen LogP contribution in [0.1, 0.15) is 12.8 Å². The Labute approximate surface area is 117 Å². The topological polar surface area (TPSA) is 43.0 Å². The fraction of sp³-hybridized carbons (Fsp3) is 1.00. The van der Waals surface area contributed by atoms with Crippen LogP contribution < -0.4 is 5.32 Å². The summed E-state index contributed by atoms with van der Waals surface area (Å²) in [6.45, 7) is 8.03. The first-order chi connectivity index (χ1) is 9.36. The van der Waals surface area contributed by atoms with Gasteiger partial charge < -0.3 is 24.4 Å². The van der Waals surface area contributed by atoms with Gasteiger partial charge in [-0.2, -0.15) is 0 Å². The highest BCUT2D eigenvalue weighted by molar-refractivity contribution is 4.73. The Balaban J connectivity index is 1.91. The Morgan fingerprint density at radius 3 is 2.58 bits per heavy atom. The maximum absolute atomic E-state index is 5.59.